The van der Waals surface area contributed by atoms with Gasteiger partial charge in [0.25, 0.3) is 5.91 Å². The summed E-state index contributed by atoms with van der Waals surface area (Å²) >= 11 is 0. The molecule has 0 bridgehead atoms. The van der Waals surface area contributed by atoms with E-state index < -0.39 is 44.8 Å². The monoisotopic (exact) mass is 487 g/mol. The van der Waals surface area contributed by atoms with Gasteiger partial charge >= 0.3 is 6.18 Å². The summed E-state index contributed by atoms with van der Waals surface area (Å²) < 4.78 is 78.6. The van der Waals surface area contributed by atoms with Crippen LogP contribution in [0.25, 0.3) is 0 Å². The molecule has 13 heteroatoms. The normalized spacial score (nSPS) is 20.3. The Hall–Kier alpha value is -3.22. The lowest BCUT2D eigenvalue weighted by atomic mass is 9.92. The molecule has 0 saturated carbocycles. The number of carbonyl (C=O) groups is 1. The molecule has 0 aliphatic carbocycles. The van der Waals surface area contributed by atoms with Gasteiger partial charge in [0.2, 0.25) is 16.0 Å². The Kier molecular flexibility index (Phi) is 6.37. The zero-order valence-electron chi connectivity index (χ0n) is 17.6. The van der Waals surface area contributed by atoms with Gasteiger partial charge in [-0.05, 0) is 43.7 Å². The summed E-state index contributed by atoms with van der Waals surface area (Å²) in [6.07, 6.45) is -4.02. The Morgan fingerprint density at radius 1 is 1.27 bits per heavy atom. The van der Waals surface area contributed by atoms with E-state index >= 15 is 0 Å². The Morgan fingerprint density at radius 2 is 1.97 bits per heavy atom. The number of carbonyl (C=O) groups excluding carboxylic acids is 1. The summed E-state index contributed by atoms with van der Waals surface area (Å²) in [5.74, 6) is -2.19. The zero-order chi connectivity index (χ0) is 24.6. The quantitative estimate of drug-likeness (QED) is 0.628. The first-order valence-corrected chi connectivity index (χ1v) is 11.3. The summed E-state index contributed by atoms with van der Waals surface area (Å²) in [4.78, 5) is 20.0. The fourth-order valence-electron chi connectivity index (χ4n) is 3.48. The zero-order valence-corrected chi connectivity index (χ0v) is 18.5. The first-order chi connectivity index (χ1) is 15.3. The van der Waals surface area contributed by atoms with Gasteiger partial charge in [0.1, 0.15) is 17.1 Å². The Morgan fingerprint density at radius 3 is 2.52 bits per heavy atom. The lowest BCUT2D eigenvalue weighted by Crippen LogP contribution is -2.52. The molecule has 1 aliphatic rings. The highest BCUT2D eigenvalue weighted by Gasteiger charge is 2.42. The molecule has 1 aliphatic heterocycles. The number of sulfonamides is 1. The van der Waals surface area contributed by atoms with Crippen LogP contribution in [-0.4, -0.2) is 41.9 Å². The maximum absolute atomic E-state index is 14.6. The third-order valence-corrected chi connectivity index (χ3v) is 7.13. The molecule has 0 fully saturated rings. The molecule has 0 saturated heterocycles. The van der Waals surface area contributed by atoms with Gasteiger partial charge in [-0.25, -0.2) is 22.1 Å². The molecule has 3 rings (SSSR count). The van der Waals surface area contributed by atoms with Crippen LogP contribution >= 0.6 is 0 Å². The van der Waals surface area contributed by atoms with Crippen molar-refractivity contribution in [2.24, 2.45) is 10.7 Å². The number of guanidine groups is 1. The standard InChI is InChI=1S/C20H21F4N5O3S/c1-3-29-18(25)28-19(2,11-33(29,31)32)14-8-12(4-6-15(14)21)9-27-17(30)16-7-5-13(10-26-16)20(22,23)24/h4-8,10H,3,9,11H2,1-2H3,(H2,25,28)(H,27,30)/t19-/m0/s1. The third kappa shape index (κ3) is 5.07. The summed E-state index contributed by atoms with van der Waals surface area (Å²) in [5, 5.41) is 2.48. The molecule has 33 heavy (non-hydrogen) atoms. The topological polar surface area (TPSA) is 118 Å². The van der Waals surface area contributed by atoms with E-state index in [1.165, 1.54) is 19.1 Å². The second kappa shape index (κ2) is 8.61. The highest BCUT2D eigenvalue weighted by atomic mass is 32.2. The molecule has 1 aromatic heterocycles. The Balaban J connectivity index is 1.81. The van der Waals surface area contributed by atoms with Gasteiger partial charge in [-0.1, -0.05) is 6.07 Å². The van der Waals surface area contributed by atoms with E-state index in [2.05, 4.69) is 15.3 Å². The van der Waals surface area contributed by atoms with Crippen molar-refractivity contribution in [3.8, 4) is 0 Å². The van der Waals surface area contributed by atoms with Crippen molar-refractivity contribution in [1.82, 2.24) is 14.6 Å². The average Bonchev–Trinajstić information content (AvgIpc) is 2.71. The average molecular weight is 487 g/mol. The summed E-state index contributed by atoms with van der Waals surface area (Å²) in [7, 11) is -3.83. The fourth-order valence-corrected chi connectivity index (χ4v) is 5.28. The van der Waals surface area contributed by atoms with E-state index in [-0.39, 0.29) is 30.3 Å². The number of benzene rings is 1. The minimum atomic E-state index is -4.57. The van der Waals surface area contributed by atoms with Crippen LogP contribution in [0.3, 0.4) is 0 Å². The number of nitrogens with one attached hydrogen (secondary N) is 1. The first-order valence-electron chi connectivity index (χ1n) is 9.73. The lowest BCUT2D eigenvalue weighted by molar-refractivity contribution is -0.137. The molecule has 178 valence electrons. The predicted molar refractivity (Wildman–Crippen MR) is 112 cm³/mol. The predicted octanol–water partition coefficient (Wildman–Crippen LogP) is 2.36. The Bertz CT molecular complexity index is 1200. The molecular weight excluding hydrogens is 466 g/mol. The molecular formula is C20H21F4N5O3S. The van der Waals surface area contributed by atoms with E-state index in [1.54, 1.807) is 6.92 Å². The van der Waals surface area contributed by atoms with Crippen LogP contribution in [0.5, 0.6) is 0 Å². The SMILES string of the molecule is CCN1C(N)=N[C@](C)(c2cc(CNC(=O)c3ccc(C(F)(F)F)cn3)ccc2F)CS1(=O)=O. The van der Waals surface area contributed by atoms with Gasteiger partial charge in [-0.3, -0.25) is 9.78 Å². The number of nitrogens with zero attached hydrogens (tertiary/aromatic N) is 3. The van der Waals surface area contributed by atoms with Crippen molar-refractivity contribution in [2.75, 3.05) is 12.3 Å². The summed E-state index contributed by atoms with van der Waals surface area (Å²) in [6, 6.07) is 5.54. The van der Waals surface area contributed by atoms with Gasteiger partial charge < -0.3 is 11.1 Å². The van der Waals surface area contributed by atoms with Crippen LogP contribution in [0.15, 0.2) is 41.5 Å². The van der Waals surface area contributed by atoms with Crippen LogP contribution < -0.4 is 11.1 Å². The fraction of sp³-hybridized carbons (Fsp3) is 0.350. The number of alkyl halides is 3. The molecule has 1 amide bonds. The van der Waals surface area contributed by atoms with Gasteiger partial charge in [-0.2, -0.15) is 13.2 Å². The van der Waals surface area contributed by atoms with Gasteiger partial charge in [-0.15, -0.1) is 0 Å². The molecule has 2 aromatic rings. The van der Waals surface area contributed by atoms with Crippen molar-refractivity contribution in [2.45, 2.75) is 32.1 Å². The van der Waals surface area contributed by atoms with E-state index in [4.69, 9.17) is 5.73 Å². The van der Waals surface area contributed by atoms with E-state index in [0.29, 0.717) is 11.8 Å². The number of hydrogen-bond donors (Lipinski definition) is 2. The third-order valence-electron chi connectivity index (χ3n) is 5.09. The van der Waals surface area contributed by atoms with E-state index in [9.17, 15) is 30.8 Å². The van der Waals surface area contributed by atoms with Crippen molar-refractivity contribution in [3.05, 3.63) is 64.7 Å². The number of halogens is 4. The second-order valence-corrected chi connectivity index (χ2v) is 9.48. The highest BCUT2D eigenvalue weighted by Crippen LogP contribution is 2.34. The van der Waals surface area contributed by atoms with Gasteiger partial charge in [0, 0.05) is 24.8 Å². The second-order valence-electron chi connectivity index (χ2n) is 7.59. The number of pyridine rings is 1. The van der Waals surface area contributed by atoms with E-state index in [1.807, 2.05) is 0 Å². The minimum absolute atomic E-state index is 0.0239. The van der Waals surface area contributed by atoms with Crippen LogP contribution in [0.1, 0.15) is 41.0 Å². The first kappa shape index (κ1) is 24.4. The Labute approximate surface area is 187 Å². The number of nitrogens with two attached hydrogens (primary N) is 1. The summed E-state index contributed by atoms with van der Waals surface area (Å²) in [6.45, 7) is 3.01. The van der Waals surface area contributed by atoms with Crippen molar-refractivity contribution >= 4 is 21.9 Å². The molecule has 1 atom stereocenters. The number of aliphatic imine (C=N–C) groups is 1. The summed E-state index contributed by atoms with van der Waals surface area (Å²) in [5.41, 5.74) is 3.49. The molecule has 3 N–H and O–H groups in total. The van der Waals surface area contributed by atoms with Crippen LogP contribution in [0.2, 0.25) is 0 Å². The largest absolute Gasteiger partial charge is 0.417 e. The molecule has 1 aromatic carbocycles. The maximum Gasteiger partial charge on any atom is 0.417 e. The smallest absolute Gasteiger partial charge is 0.369 e. The molecule has 8 nitrogen and oxygen atoms in total. The van der Waals surface area contributed by atoms with Crippen molar-refractivity contribution in [3.63, 3.8) is 0 Å². The van der Waals surface area contributed by atoms with Crippen LogP contribution in [-0.2, 0) is 28.3 Å². The minimum Gasteiger partial charge on any atom is -0.369 e. The van der Waals surface area contributed by atoms with Gasteiger partial charge in [0.05, 0.1) is 11.3 Å². The number of aromatic nitrogens is 1. The highest BCUT2D eigenvalue weighted by molar-refractivity contribution is 7.89. The van der Waals surface area contributed by atoms with Crippen LogP contribution in [0.4, 0.5) is 17.6 Å². The van der Waals surface area contributed by atoms with Crippen molar-refractivity contribution in [1.29, 1.82) is 0 Å². The number of hydrogen-bond acceptors (Lipinski definition) is 6. The molecule has 0 radical (unpaired) electrons. The molecule has 2 heterocycles. The number of rotatable bonds is 5. The number of amides is 1. The van der Waals surface area contributed by atoms with E-state index in [0.717, 1.165) is 22.5 Å². The molecule has 0 unspecified atom stereocenters. The van der Waals surface area contributed by atoms with Crippen molar-refractivity contribution < 1.29 is 30.8 Å². The van der Waals surface area contributed by atoms with Gasteiger partial charge in [0.15, 0.2) is 0 Å². The van der Waals surface area contributed by atoms with Crippen LogP contribution in [0, 0.1) is 5.82 Å². The molecule has 0 spiro atoms. The lowest BCUT2D eigenvalue weighted by Gasteiger charge is -2.36. The maximum atomic E-state index is 14.6.